The average molecular weight is 384 g/mol. The lowest BCUT2D eigenvalue weighted by atomic mass is 10.0. The van der Waals surface area contributed by atoms with Crippen LogP contribution in [0.25, 0.3) is 5.69 Å². The summed E-state index contributed by atoms with van der Waals surface area (Å²) in [6, 6.07) is 14.4. The van der Waals surface area contributed by atoms with Crippen LogP contribution in [0.3, 0.4) is 0 Å². The van der Waals surface area contributed by atoms with Gasteiger partial charge in [0.1, 0.15) is 18.4 Å². The van der Waals surface area contributed by atoms with Gasteiger partial charge in [-0.05, 0) is 23.8 Å². The van der Waals surface area contributed by atoms with E-state index in [1.807, 2.05) is 24.3 Å². The van der Waals surface area contributed by atoms with E-state index in [9.17, 15) is 0 Å². The second-order valence-corrected chi connectivity index (χ2v) is 6.98. The Bertz CT molecular complexity index is 899. The zero-order valence-corrected chi connectivity index (χ0v) is 15.9. The van der Waals surface area contributed by atoms with Crippen molar-refractivity contribution in [2.75, 3.05) is 26.7 Å². The molecule has 1 aliphatic heterocycles. The van der Waals surface area contributed by atoms with Gasteiger partial charge in [0.25, 0.3) is 0 Å². The number of nitrogens with zero attached hydrogens (tertiary/aromatic N) is 4. The van der Waals surface area contributed by atoms with Gasteiger partial charge in [-0.15, -0.1) is 0 Å². The summed E-state index contributed by atoms with van der Waals surface area (Å²) in [6.07, 6.45) is 3.23. The molecule has 0 bridgehead atoms. The minimum Gasteiger partial charge on any atom is -0.496 e. The summed E-state index contributed by atoms with van der Waals surface area (Å²) in [5, 5.41) is 8.47. The first-order valence-electron chi connectivity index (χ1n) is 8.97. The van der Waals surface area contributed by atoms with E-state index in [4.69, 9.17) is 16.3 Å². The van der Waals surface area contributed by atoms with E-state index in [1.165, 1.54) is 11.9 Å². The van der Waals surface area contributed by atoms with E-state index in [-0.39, 0.29) is 6.04 Å². The lowest BCUT2D eigenvalue weighted by Crippen LogP contribution is -2.45. The highest BCUT2D eigenvalue weighted by molar-refractivity contribution is 6.30. The molecule has 1 unspecified atom stereocenters. The van der Waals surface area contributed by atoms with E-state index in [2.05, 4.69) is 38.5 Å². The lowest BCUT2D eigenvalue weighted by Gasteiger charge is -2.37. The first-order chi connectivity index (χ1) is 13.3. The number of nitrogens with one attached hydrogen (secondary N) is 1. The normalized spacial score (nSPS) is 17.8. The molecule has 2 heterocycles. The Morgan fingerprint density at radius 1 is 1.26 bits per heavy atom. The molecule has 0 amide bonds. The van der Waals surface area contributed by atoms with Crippen LogP contribution in [-0.2, 0) is 6.54 Å². The third kappa shape index (κ3) is 3.83. The third-order valence-corrected chi connectivity index (χ3v) is 5.17. The maximum absolute atomic E-state index is 6.24. The number of hydrogen-bond acceptors (Lipinski definition) is 5. The van der Waals surface area contributed by atoms with Crippen LogP contribution in [0.1, 0.15) is 17.2 Å². The smallest absolute Gasteiger partial charge is 0.138 e. The zero-order chi connectivity index (χ0) is 18.6. The molecule has 6 nitrogen and oxygen atoms in total. The lowest BCUT2D eigenvalue weighted by molar-refractivity contribution is 0.151. The first kappa shape index (κ1) is 18.0. The van der Waals surface area contributed by atoms with Gasteiger partial charge in [-0.1, -0.05) is 35.9 Å². The maximum Gasteiger partial charge on any atom is 0.138 e. The van der Waals surface area contributed by atoms with Crippen molar-refractivity contribution in [2.45, 2.75) is 12.6 Å². The standard InChI is InChI=1S/C20H22ClN5O/c1-27-20-5-3-2-4-17(20)19-11-22-8-9-25(19)12-15-6-7-16(21)10-18(15)26-14-23-13-24-26/h2-7,10,13-14,19,22H,8-9,11-12H2,1H3. The van der Waals surface area contributed by atoms with Crippen LogP contribution in [-0.4, -0.2) is 46.4 Å². The van der Waals surface area contributed by atoms with Gasteiger partial charge >= 0.3 is 0 Å². The molecule has 27 heavy (non-hydrogen) atoms. The number of aromatic nitrogens is 3. The van der Waals surface area contributed by atoms with Gasteiger partial charge in [0, 0.05) is 36.8 Å². The van der Waals surface area contributed by atoms with Crippen LogP contribution < -0.4 is 10.1 Å². The minimum atomic E-state index is 0.231. The largest absolute Gasteiger partial charge is 0.496 e. The fourth-order valence-corrected chi connectivity index (χ4v) is 3.79. The Morgan fingerprint density at radius 2 is 2.15 bits per heavy atom. The summed E-state index contributed by atoms with van der Waals surface area (Å²) < 4.78 is 7.37. The molecule has 3 aromatic rings. The summed E-state index contributed by atoms with van der Waals surface area (Å²) in [5.41, 5.74) is 3.31. The highest BCUT2D eigenvalue weighted by Crippen LogP contribution is 2.32. The van der Waals surface area contributed by atoms with Crippen LogP contribution in [0.15, 0.2) is 55.1 Å². The second kappa shape index (κ2) is 8.08. The Labute approximate surface area is 163 Å². The Kier molecular flexibility index (Phi) is 5.38. The summed E-state index contributed by atoms with van der Waals surface area (Å²) >= 11 is 6.24. The maximum atomic E-state index is 6.24. The van der Waals surface area contributed by atoms with Crippen molar-refractivity contribution in [1.29, 1.82) is 0 Å². The van der Waals surface area contributed by atoms with Crippen molar-refractivity contribution in [2.24, 2.45) is 0 Å². The Balaban J connectivity index is 1.67. The Morgan fingerprint density at radius 3 is 2.96 bits per heavy atom. The minimum absolute atomic E-state index is 0.231. The molecule has 1 saturated heterocycles. The van der Waals surface area contributed by atoms with Gasteiger partial charge in [-0.3, -0.25) is 4.90 Å². The number of ether oxygens (including phenoxy) is 1. The van der Waals surface area contributed by atoms with E-state index in [0.717, 1.165) is 43.2 Å². The molecule has 0 saturated carbocycles. The predicted octanol–water partition coefficient (Wildman–Crippen LogP) is 3.08. The van der Waals surface area contributed by atoms with Gasteiger partial charge in [0.15, 0.2) is 0 Å². The number of para-hydroxylation sites is 1. The summed E-state index contributed by atoms with van der Waals surface area (Å²) in [4.78, 5) is 6.54. The van der Waals surface area contributed by atoms with Crippen molar-refractivity contribution >= 4 is 11.6 Å². The quantitative estimate of drug-likeness (QED) is 0.733. The topological polar surface area (TPSA) is 55.2 Å². The first-order valence-corrected chi connectivity index (χ1v) is 9.35. The number of halogens is 1. The van der Waals surface area contributed by atoms with E-state index in [1.54, 1.807) is 18.1 Å². The molecule has 1 atom stereocenters. The summed E-state index contributed by atoms with van der Waals surface area (Å²) in [7, 11) is 1.72. The molecule has 1 aromatic heterocycles. The van der Waals surface area contributed by atoms with Gasteiger partial charge in [0.2, 0.25) is 0 Å². The highest BCUT2D eigenvalue weighted by atomic mass is 35.5. The van der Waals surface area contributed by atoms with Crippen LogP contribution in [0, 0.1) is 0 Å². The molecule has 7 heteroatoms. The molecule has 4 rings (SSSR count). The van der Waals surface area contributed by atoms with Gasteiger partial charge < -0.3 is 10.1 Å². The van der Waals surface area contributed by atoms with E-state index >= 15 is 0 Å². The molecule has 1 fully saturated rings. The molecule has 2 aromatic carbocycles. The van der Waals surface area contributed by atoms with E-state index in [0.29, 0.717) is 5.02 Å². The van der Waals surface area contributed by atoms with Crippen molar-refractivity contribution in [3.05, 3.63) is 71.3 Å². The third-order valence-electron chi connectivity index (χ3n) is 4.94. The van der Waals surface area contributed by atoms with Crippen LogP contribution >= 0.6 is 11.6 Å². The number of benzene rings is 2. The van der Waals surface area contributed by atoms with Crippen LogP contribution in [0.4, 0.5) is 0 Å². The monoisotopic (exact) mass is 383 g/mol. The zero-order valence-electron chi connectivity index (χ0n) is 15.2. The summed E-state index contributed by atoms with van der Waals surface area (Å²) in [5.74, 6) is 0.920. The molecule has 0 aliphatic carbocycles. The van der Waals surface area contributed by atoms with Gasteiger partial charge in [0.05, 0.1) is 18.8 Å². The van der Waals surface area contributed by atoms with Gasteiger partial charge in [-0.25, -0.2) is 9.67 Å². The molecule has 0 radical (unpaired) electrons. The molecular weight excluding hydrogens is 362 g/mol. The highest BCUT2D eigenvalue weighted by Gasteiger charge is 2.27. The van der Waals surface area contributed by atoms with Crippen molar-refractivity contribution in [1.82, 2.24) is 25.0 Å². The molecule has 140 valence electrons. The molecular formula is C20H22ClN5O. The second-order valence-electron chi connectivity index (χ2n) is 6.55. The van der Waals surface area contributed by atoms with Crippen LogP contribution in [0.5, 0.6) is 5.75 Å². The average Bonchev–Trinajstić information content (AvgIpc) is 3.24. The van der Waals surface area contributed by atoms with Crippen molar-refractivity contribution in [3.63, 3.8) is 0 Å². The van der Waals surface area contributed by atoms with E-state index < -0.39 is 0 Å². The Hall–Kier alpha value is -2.41. The fourth-order valence-electron chi connectivity index (χ4n) is 3.62. The number of rotatable bonds is 5. The predicted molar refractivity (Wildman–Crippen MR) is 105 cm³/mol. The number of hydrogen-bond donors (Lipinski definition) is 1. The SMILES string of the molecule is COc1ccccc1C1CNCCN1Cc1ccc(Cl)cc1-n1cncn1. The van der Waals surface area contributed by atoms with Gasteiger partial charge in [-0.2, -0.15) is 5.10 Å². The van der Waals surface area contributed by atoms with Crippen molar-refractivity contribution in [3.8, 4) is 11.4 Å². The molecule has 1 N–H and O–H groups in total. The molecule has 0 spiro atoms. The number of piperazine rings is 1. The summed E-state index contributed by atoms with van der Waals surface area (Å²) in [6.45, 7) is 3.57. The number of methoxy groups -OCH3 is 1. The molecule has 1 aliphatic rings. The van der Waals surface area contributed by atoms with Crippen LogP contribution in [0.2, 0.25) is 5.02 Å². The van der Waals surface area contributed by atoms with Crippen molar-refractivity contribution < 1.29 is 4.74 Å². The fraction of sp³-hybridized carbons (Fsp3) is 0.300.